The molecule has 1 aliphatic rings. The fourth-order valence-corrected chi connectivity index (χ4v) is 4.37. The number of ether oxygens (including phenoxy) is 1. The normalized spacial score (nSPS) is 13.8. The highest BCUT2D eigenvalue weighted by Crippen LogP contribution is 2.24. The molecule has 0 radical (unpaired) electrons. The molecule has 0 N–H and O–H groups in total. The maximum Gasteiger partial charge on any atom is 0.240 e. The number of benzene rings is 3. The van der Waals surface area contributed by atoms with Gasteiger partial charge in [0.15, 0.2) is 0 Å². The van der Waals surface area contributed by atoms with E-state index in [-0.39, 0.29) is 5.91 Å². The summed E-state index contributed by atoms with van der Waals surface area (Å²) in [7, 11) is 1.83. The predicted octanol–water partition coefficient (Wildman–Crippen LogP) is 4.51. The van der Waals surface area contributed by atoms with Crippen molar-refractivity contribution in [1.82, 2.24) is 14.9 Å². The Balaban J connectivity index is 1.15. The first-order valence-corrected chi connectivity index (χ1v) is 12.5. The van der Waals surface area contributed by atoms with Crippen molar-refractivity contribution in [1.29, 1.82) is 0 Å². The first-order chi connectivity index (χ1) is 18.2. The number of anilines is 2. The number of aromatic nitrogens is 2. The lowest BCUT2D eigenvalue weighted by molar-refractivity contribution is -0.119. The van der Waals surface area contributed by atoms with Crippen LogP contribution in [0.3, 0.4) is 0 Å². The molecule has 1 fully saturated rings. The summed E-state index contributed by atoms with van der Waals surface area (Å²) in [6.07, 6.45) is 1.62. The Morgan fingerprint density at radius 1 is 0.865 bits per heavy atom. The van der Waals surface area contributed by atoms with E-state index in [9.17, 15) is 4.79 Å². The second-order valence-corrected chi connectivity index (χ2v) is 9.11. The number of rotatable bonds is 8. The van der Waals surface area contributed by atoms with E-state index in [1.54, 1.807) is 11.2 Å². The molecule has 0 unspecified atom stereocenters. The molecule has 0 aliphatic carbocycles. The number of carbonyl (C=O) groups excluding carboxylic acids is 1. The summed E-state index contributed by atoms with van der Waals surface area (Å²) in [4.78, 5) is 27.9. The van der Waals surface area contributed by atoms with Crippen LogP contribution in [0.25, 0.3) is 11.3 Å². The van der Waals surface area contributed by atoms with Crippen LogP contribution in [0.1, 0.15) is 5.56 Å². The van der Waals surface area contributed by atoms with Gasteiger partial charge in [0.05, 0.1) is 12.2 Å². The average molecular weight is 494 g/mol. The summed E-state index contributed by atoms with van der Waals surface area (Å²) < 4.78 is 5.91. The van der Waals surface area contributed by atoms with Crippen LogP contribution < -0.4 is 14.5 Å². The van der Waals surface area contributed by atoms with E-state index in [1.807, 2.05) is 85.9 Å². The molecule has 37 heavy (non-hydrogen) atoms. The number of hydrogen-bond donors (Lipinski definition) is 0. The molecule has 1 aromatic heterocycles. The molecule has 3 aromatic carbocycles. The SMILES string of the molecule is CN(C(=O)CN1CCN(c2cc(-c3ccc(OCc4ccccc4)cc3)ncn2)CC1)c1ccccc1. The molecule has 0 saturated carbocycles. The molecule has 0 bridgehead atoms. The molecule has 4 aromatic rings. The van der Waals surface area contributed by atoms with Gasteiger partial charge in [0.2, 0.25) is 5.91 Å². The number of nitrogens with zero attached hydrogens (tertiary/aromatic N) is 5. The van der Waals surface area contributed by atoms with Gasteiger partial charge in [-0.15, -0.1) is 0 Å². The van der Waals surface area contributed by atoms with E-state index in [0.717, 1.165) is 60.3 Å². The lowest BCUT2D eigenvalue weighted by Gasteiger charge is -2.35. The third kappa shape index (κ3) is 6.32. The lowest BCUT2D eigenvalue weighted by atomic mass is 10.1. The van der Waals surface area contributed by atoms with Crippen LogP contribution >= 0.6 is 0 Å². The van der Waals surface area contributed by atoms with E-state index >= 15 is 0 Å². The Hall–Kier alpha value is -4.23. The summed E-state index contributed by atoms with van der Waals surface area (Å²) in [6, 6.07) is 29.9. The van der Waals surface area contributed by atoms with Gasteiger partial charge in [0.25, 0.3) is 0 Å². The summed E-state index contributed by atoms with van der Waals surface area (Å²) in [5.41, 5.74) is 3.95. The highest BCUT2D eigenvalue weighted by Gasteiger charge is 2.22. The molecule has 7 nitrogen and oxygen atoms in total. The van der Waals surface area contributed by atoms with Crippen LogP contribution in [0, 0.1) is 0 Å². The van der Waals surface area contributed by atoms with Crippen molar-refractivity contribution in [2.75, 3.05) is 49.6 Å². The Bertz CT molecular complexity index is 1290. The topological polar surface area (TPSA) is 61.8 Å². The summed E-state index contributed by atoms with van der Waals surface area (Å²) in [6.45, 7) is 4.18. The van der Waals surface area contributed by atoms with E-state index in [2.05, 4.69) is 31.9 Å². The Morgan fingerprint density at radius 2 is 1.54 bits per heavy atom. The minimum Gasteiger partial charge on any atom is -0.489 e. The first-order valence-electron chi connectivity index (χ1n) is 12.5. The minimum atomic E-state index is 0.0974. The summed E-state index contributed by atoms with van der Waals surface area (Å²) in [5, 5.41) is 0. The fraction of sp³-hybridized carbons (Fsp3) is 0.233. The number of likely N-dealkylation sites (N-methyl/N-ethyl adjacent to an activating group) is 1. The van der Waals surface area contributed by atoms with Gasteiger partial charge in [-0.1, -0.05) is 48.5 Å². The molecule has 1 saturated heterocycles. The Morgan fingerprint density at radius 3 is 2.24 bits per heavy atom. The summed E-state index contributed by atoms with van der Waals surface area (Å²) >= 11 is 0. The molecular weight excluding hydrogens is 462 g/mol. The zero-order valence-corrected chi connectivity index (χ0v) is 21.0. The van der Waals surface area contributed by atoms with Gasteiger partial charge in [0, 0.05) is 50.5 Å². The maximum atomic E-state index is 12.7. The molecule has 0 spiro atoms. The van der Waals surface area contributed by atoms with Gasteiger partial charge in [-0.2, -0.15) is 0 Å². The van der Waals surface area contributed by atoms with Crippen molar-refractivity contribution >= 4 is 17.4 Å². The highest BCUT2D eigenvalue weighted by molar-refractivity contribution is 5.94. The van der Waals surface area contributed by atoms with Gasteiger partial charge in [0.1, 0.15) is 24.5 Å². The molecule has 2 heterocycles. The van der Waals surface area contributed by atoms with Gasteiger partial charge in [-0.3, -0.25) is 9.69 Å². The third-order valence-corrected chi connectivity index (χ3v) is 6.62. The first kappa shape index (κ1) is 24.5. The minimum absolute atomic E-state index is 0.0974. The number of piperazine rings is 1. The smallest absolute Gasteiger partial charge is 0.240 e. The maximum absolute atomic E-state index is 12.7. The molecule has 1 amide bonds. The standard InChI is InChI=1S/C30H31N5O2/c1-33(26-10-6-3-7-11-26)30(36)21-34-16-18-35(19-17-34)29-20-28(31-23-32-29)25-12-14-27(15-13-25)37-22-24-8-4-2-5-9-24/h2-15,20,23H,16-19,21-22H2,1H3. The fourth-order valence-electron chi connectivity index (χ4n) is 4.37. The van der Waals surface area contributed by atoms with Crippen molar-refractivity contribution in [3.05, 3.63) is 103 Å². The zero-order chi connectivity index (χ0) is 25.5. The molecular formula is C30H31N5O2. The van der Waals surface area contributed by atoms with Crippen molar-refractivity contribution in [2.45, 2.75) is 6.61 Å². The molecule has 7 heteroatoms. The van der Waals surface area contributed by atoms with Gasteiger partial charge >= 0.3 is 0 Å². The molecule has 0 atom stereocenters. The number of amides is 1. The zero-order valence-electron chi connectivity index (χ0n) is 21.0. The van der Waals surface area contributed by atoms with Crippen LogP contribution in [0.5, 0.6) is 5.75 Å². The van der Waals surface area contributed by atoms with Crippen molar-refractivity contribution < 1.29 is 9.53 Å². The monoisotopic (exact) mass is 493 g/mol. The molecule has 1 aliphatic heterocycles. The number of carbonyl (C=O) groups is 1. The Kier molecular flexibility index (Phi) is 7.72. The van der Waals surface area contributed by atoms with Crippen molar-refractivity contribution in [3.8, 4) is 17.0 Å². The van der Waals surface area contributed by atoms with Crippen LogP contribution in [-0.2, 0) is 11.4 Å². The van der Waals surface area contributed by atoms with Crippen molar-refractivity contribution in [2.24, 2.45) is 0 Å². The average Bonchev–Trinajstić information content (AvgIpc) is 2.97. The van der Waals surface area contributed by atoms with Crippen LogP contribution in [-0.4, -0.2) is 60.5 Å². The van der Waals surface area contributed by atoms with Crippen molar-refractivity contribution in [3.63, 3.8) is 0 Å². The van der Waals surface area contributed by atoms with Gasteiger partial charge in [-0.05, 0) is 42.0 Å². The predicted molar refractivity (Wildman–Crippen MR) is 147 cm³/mol. The second-order valence-electron chi connectivity index (χ2n) is 9.11. The summed E-state index contributed by atoms with van der Waals surface area (Å²) in [5.74, 6) is 1.83. The van der Waals surface area contributed by atoms with Crippen LogP contribution in [0.2, 0.25) is 0 Å². The van der Waals surface area contributed by atoms with Crippen LogP contribution in [0.15, 0.2) is 97.3 Å². The number of hydrogen-bond acceptors (Lipinski definition) is 6. The largest absolute Gasteiger partial charge is 0.489 e. The quantitative estimate of drug-likeness (QED) is 0.360. The van der Waals surface area contributed by atoms with E-state index in [0.29, 0.717) is 13.2 Å². The van der Waals surface area contributed by atoms with E-state index < -0.39 is 0 Å². The third-order valence-electron chi connectivity index (χ3n) is 6.62. The Labute approximate surface area is 218 Å². The van der Waals surface area contributed by atoms with Gasteiger partial charge < -0.3 is 14.5 Å². The van der Waals surface area contributed by atoms with Crippen LogP contribution in [0.4, 0.5) is 11.5 Å². The van der Waals surface area contributed by atoms with E-state index in [1.165, 1.54) is 0 Å². The second kappa shape index (κ2) is 11.7. The van der Waals surface area contributed by atoms with E-state index in [4.69, 9.17) is 4.74 Å². The molecule has 188 valence electrons. The highest BCUT2D eigenvalue weighted by atomic mass is 16.5. The lowest BCUT2D eigenvalue weighted by Crippen LogP contribution is -2.50. The van der Waals surface area contributed by atoms with Gasteiger partial charge in [-0.25, -0.2) is 9.97 Å². The number of para-hydroxylation sites is 1. The molecule has 5 rings (SSSR count).